The van der Waals surface area contributed by atoms with E-state index in [2.05, 4.69) is 28.5 Å². The van der Waals surface area contributed by atoms with Crippen molar-refractivity contribution in [1.82, 2.24) is 0 Å². The van der Waals surface area contributed by atoms with E-state index >= 15 is 0 Å². The number of halogens is 3. The molecule has 0 unspecified atom stereocenters. The first-order chi connectivity index (χ1) is 16.9. The third-order valence-corrected chi connectivity index (χ3v) is 7.07. The molecule has 1 heterocycles. The number of terminal acetylenes is 1. The number of amides is 1. The second-order valence-electron chi connectivity index (χ2n) is 7.13. The van der Waals surface area contributed by atoms with E-state index in [0.717, 1.165) is 9.13 Å². The van der Waals surface area contributed by atoms with Crippen LogP contribution in [-0.2, 0) is 4.79 Å². The molecule has 0 aliphatic carbocycles. The first kappa shape index (κ1) is 25.5. The molecule has 5 nitrogen and oxygen atoms in total. The van der Waals surface area contributed by atoms with Crippen molar-refractivity contribution in [2.24, 2.45) is 4.99 Å². The maximum atomic E-state index is 13.5. The number of hydrogen-bond donors (Lipinski definition) is 0. The van der Waals surface area contributed by atoms with Gasteiger partial charge in [0.1, 0.15) is 6.61 Å². The highest BCUT2D eigenvalue weighted by molar-refractivity contribution is 14.1. The van der Waals surface area contributed by atoms with Crippen LogP contribution in [0.3, 0.4) is 0 Å². The van der Waals surface area contributed by atoms with E-state index in [1.54, 1.807) is 72.7 Å². The van der Waals surface area contributed by atoms with E-state index in [4.69, 9.17) is 44.1 Å². The monoisotopic (exact) mass is 634 g/mol. The highest BCUT2D eigenvalue weighted by atomic mass is 127. The Morgan fingerprint density at radius 1 is 1.11 bits per heavy atom. The zero-order chi connectivity index (χ0) is 24.9. The summed E-state index contributed by atoms with van der Waals surface area (Å²) in [5.41, 5.74) is 2.11. The number of aliphatic imine (C=N–C) groups is 1. The number of carbonyl (C=O) groups excluding carboxylic acids is 1. The molecular weight excluding hydrogens is 618 g/mol. The van der Waals surface area contributed by atoms with Gasteiger partial charge in [-0.1, -0.05) is 29.1 Å². The number of benzene rings is 3. The molecule has 1 saturated heterocycles. The van der Waals surface area contributed by atoms with Crippen LogP contribution in [0, 0.1) is 15.9 Å². The summed E-state index contributed by atoms with van der Waals surface area (Å²) in [7, 11) is 1.56. The topological polar surface area (TPSA) is 51.1 Å². The van der Waals surface area contributed by atoms with Gasteiger partial charge in [-0.15, -0.1) is 6.42 Å². The number of rotatable bonds is 6. The molecule has 9 heteroatoms. The van der Waals surface area contributed by atoms with Crippen molar-refractivity contribution in [2.45, 2.75) is 0 Å². The Morgan fingerprint density at radius 3 is 2.40 bits per heavy atom. The number of carbonyl (C=O) groups is 1. The summed E-state index contributed by atoms with van der Waals surface area (Å²) in [6.45, 7) is 0.127. The van der Waals surface area contributed by atoms with Crippen LogP contribution in [0.5, 0.6) is 11.5 Å². The number of nitrogens with zero attached hydrogens (tertiary/aromatic N) is 2. The molecular formula is C26H17Cl2IN2O3S. The molecule has 0 atom stereocenters. The number of amidine groups is 1. The van der Waals surface area contributed by atoms with Gasteiger partial charge in [-0.05, 0) is 107 Å². The van der Waals surface area contributed by atoms with Crippen molar-refractivity contribution < 1.29 is 14.3 Å². The minimum atomic E-state index is -0.202. The van der Waals surface area contributed by atoms with Crippen LogP contribution in [0.1, 0.15) is 5.56 Å². The molecule has 0 radical (unpaired) electrons. The molecule has 3 aromatic carbocycles. The summed E-state index contributed by atoms with van der Waals surface area (Å²) in [6.07, 6.45) is 7.12. The lowest BCUT2D eigenvalue weighted by molar-refractivity contribution is -0.113. The fourth-order valence-corrected chi connectivity index (χ4v) is 5.26. The first-order valence-electron chi connectivity index (χ1n) is 10.2. The molecule has 1 fully saturated rings. The molecule has 0 spiro atoms. The minimum absolute atomic E-state index is 0.127. The number of hydrogen-bond acceptors (Lipinski definition) is 5. The van der Waals surface area contributed by atoms with Crippen LogP contribution in [0.25, 0.3) is 6.08 Å². The highest BCUT2D eigenvalue weighted by Gasteiger charge is 2.35. The van der Waals surface area contributed by atoms with Gasteiger partial charge in [0, 0.05) is 10.0 Å². The quantitative estimate of drug-likeness (QED) is 0.161. The number of methoxy groups -OCH3 is 1. The summed E-state index contributed by atoms with van der Waals surface area (Å²) in [6, 6.07) is 17.8. The van der Waals surface area contributed by atoms with Gasteiger partial charge in [0.05, 0.1) is 27.0 Å². The SMILES string of the molecule is C#CCOc1c(I)cc(/C=C2\SC(=Nc3ccc(Cl)cc3)N(c3ccc(Cl)cc3)C2=O)cc1OC. The molecule has 0 aromatic heterocycles. The van der Waals surface area contributed by atoms with Crippen LogP contribution in [0.2, 0.25) is 10.0 Å². The van der Waals surface area contributed by atoms with Crippen molar-refractivity contribution in [3.63, 3.8) is 0 Å². The van der Waals surface area contributed by atoms with E-state index in [1.165, 1.54) is 11.8 Å². The predicted octanol–water partition coefficient (Wildman–Crippen LogP) is 7.43. The normalized spacial score (nSPS) is 15.5. The van der Waals surface area contributed by atoms with Gasteiger partial charge in [0.2, 0.25) is 0 Å². The smallest absolute Gasteiger partial charge is 0.271 e. The van der Waals surface area contributed by atoms with E-state index in [-0.39, 0.29) is 12.5 Å². The van der Waals surface area contributed by atoms with Gasteiger partial charge in [-0.3, -0.25) is 9.69 Å². The van der Waals surface area contributed by atoms with E-state index in [1.807, 2.05) is 6.07 Å². The molecule has 3 aromatic rings. The van der Waals surface area contributed by atoms with Crippen molar-refractivity contribution in [3.05, 3.63) is 84.7 Å². The van der Waals surface area contributed by atoms with Gasteiger partial charge in [0.15, 0.2) is 16.7 Å². The lowest BCUT2D eigenvalue weighted by atomic mass is 10.1. The molecule has 1 aliphatic heterocycles. The van der Waals surface area contributed by atoms with Gasteiger partial charge in [-0.25, -0.2) is 4.99 Å². The molecule has 1 aliphatic rings. The van der Waals surface area contributed by atoms with Gasteiger partial charge in [-0.2, -0.15) is 0 Å². The molecule has 176 valence electrons. The van der Waals surface area contributed by atoms with Crippen LogP contribution in [0.15, 0.2) is 70.6 Å². The Labute approximate surface area is 231 Å². The second-order valence-corrected chi connectivity index (χ2v) is 10.2. The molecule has 1 amide bonds. The summed E-state index contributed by atoms with van der Waals surface area (Å²) < 4.78 is 11.9. The third-order valence-electron chi connectivity index (χ3n) is 4.79. The minimum Gasteiger partial charge on any atom is -0.493 e. The van der Waals surface area contributed by atoms with Crippen molar-refractivity contribution >= 4 is 86.1 Å². The maximum Gasteiger partial charge on any atom is 0.271 e. The fourth-order valence-electron chi connectivity index (χ4n) is 3.22. The Morgan fingerprint density at radius 2 is 1.77 bits per heavy atom. The van der Waals surface area contributed by atoms with Crippen LogP contribution < -0.4 is 14.4 Å². The van der Waals surface area contributed by atoms with E-state index < -0.39 is 0 Å². The lowest BCUT2D eigenvalue weighted by Crippen LogP contribution is -2.28. The summed E-state index contributed by atoms with van der Waals surface area (Å²) >= 11 is 15.5. The number of anilines is 1. The van der Waals surface area contributed by atoms with Crippen molar-refractivity contribution in [3.8, 4) is 23.8 Å². The molecule has 4 rings (SSSR count). The predicted molar refractivity (Wildman–Crippen MR) is 153 cm³/mol. The van der Waals surface area contributed by atoms with E-state index in [0.29, 0.717) is 43.0 Å². The Bertz CT molecular complexity index is 1370. The number of ether oxygens (including phenoxy) is 2. The summed E-state index contributed by atoms with van der Waals surface area (Å²) in [4.78, 5) is 20.3. The zero-order valence-electron chi connectivity index (χ0n) is 18.3. The Balaban J connectivity index is 1.75. The second kappa shape index (κ2) is 11.4. The Kier molecular flexibility index (Phi) is 8.29. The van der Waals surface area contributed by atoms with Gasteiger partial charge in [0.25, 0.3) is 5.91 Å². The average Bonchev–Trinajstić information content (AvgIpc) is 3.14. The summed E-state index contributed by atoms with van der Waals surface area (Å²) in [5.74, 6) is 3.34. The highest BCUT2D eigenvalue weighted by Crippen LogP contribution is 2.40. The first-order valence-corrected chi connectivity index (χ1v) is 12.8. The van der Waals surface area contributed by atoms with Crippen molar-refractivity contribution in [2.75, 3.05) is 18.6 Å². The largest absolute Gasteiger partial charge is 0.493 e. The van der Waals surface area contributed by atoms with Gasteiger partial charge < -0.3 is 9.47 Å². The molecule has 0 saturated carbocycles. The van der Waals surface area contributed by atoms with E-state index in [9.17, 15) is 4.79 Å². The number of thioether (sulfide) groups is 1. The molecule has 0 N–H and O–H groups in total. The van der Waals surface area contributed by atoms with Crippen LogP contribution >= 0.6 is 57.6 Å². The van der Waals surface area contributed by atoms with Gasteiger partial charge >= 0.3 is 0 Å². The maximum absolute atomic E-state index is 13.5. The standard InChI is InChI=1S/C26H17Cl2IN2O3S/c1-3-12-34-24-21(29)13-16(14-22(24)33-2)15-23-25(32)31(20-10-6-18(28)7-11-20)26(35-23)30-19-8-4-17(27)5-9-19/h1,4-11,13-15H,12H2,2H3/b23-15-,30-26?. The Hall–Kier alpha value is -2.64. The third kappa shape index (κ3) is 5.96. The van der Waals surface area contributed by atoms with Crippen LogP contribution in [0.4, 0.5) is 11.4 Å². The molecule has 0 bridgehead atoms. The zero-order valence-corrected chi connectivity index (χ0v) is 22.8. The summed E-state index contributed by atoms with van der Waals surface area (Å²) in [5, 5.41) is 1.70. The lowest BCUT2D eigenvalue weighted by Gasteiger charge is -2.15. The van der Waals surface area contributed by atoms with Crippen LogP contribution in [-0.4, -0.2) is 24.8 Å². The molecule has 35 heavy (non-hydrogen) atoms. The van der Waals surface area contributed by atoms with Crippen molar-refractivity contribution in [1.29, 1.82) is 0 Å². The average molecular weight is 635 g/mol. The fraction of sp³-hybridized carbons (Fsp3) is 0.0769.